The van der Waals surface area contributed by atoms with Gasteiger partial charge in [0, 0.05) is 12.4 Å². The first-order valence-corrected chi connectivity index (χ1v) is 7.47. The molecule has 0 bridgehead atoms. The average Bonchev–Trinajstić information content (AvgIpc) is 2.52. The Kier molecular flexibility index (Phi) is 11.2. The fourth-order valence-corrected chi connectivity index (χ4v) is 1.83. The number of hydrogen-bond acceptors (Lipinski definition) is 6. The number of rotatable bonds is 13. The van der Waals surface area contributed by atoms with Crippen LogP contribution in [0.1, 0.15) is 32.1 Å². The summed E-state index contributed by atoms with van der Waals surface area (Å²) in [7, 11) is 1.20. The second kappa shape index (κ2) is 12.6. The maximum Gasteiger partial charge on any atom is 0.348 e. The zero-order valence-electron chi connectivity index (χ0n) is 13.4. The van der Waals surface area contributed by atoms with Gasteiger partial charge in [0.05, 0.1) is 0 Å². The third kappa shape index (κ3) is 11.4. The lowest BCUT2D eigenvalue weighted by Crippen LogP contribution is -2.51. The van der Waals surface area contributed by atoms with Gasteiger partial charge in [-0.25, -0.2) is 19.6 Å². The summed E-state index contributed by atoms with van der Waals surface area (Å²) in [5.41, 5.74) is 0. The van der Waals surface area contributed by atoms with Crippen LogP contribution in [0, 0.1) is 11.2 Å². The van der Waals surface area contributed by atoms with Crippen LogP contribution in [-0.2, 0) is 14.4 Å². The largest absolute Gasteiger partial charge is 0.481 e. The van der Waals surface area contributed by atoms with E-state index in [-0.39, 0.29) is 12.8 Å². The Hall–Kier alpha value is -2.81. The van der Waals surface area contributed by atoms with Gasteiger partial charge in [0.2, 0.25) is 0 Å². The first-order chi connectivity index (χ1) is 11.8. The van der Waals surface area contributed by atoms with Gasteiger partial charge in [0.25, 0.3) is 0 Å². The fourth-order valence-electron chi connectivity index (χ4n) is 1.83. The zero-order valence-corrected chi connectivity index (χ0v) is 13.4. The second-order valence-electron chi connectivity index (χ2n) is 5.06. The average molecular weight is 355 g/mol. The van der Waals surface area contributed by atoms with E-state index in [1.165, 1.54) is 7.41 Å². The minimum atomic E-state index is -1.43. The fraction of sp³-hybridized carbons (Fsp3) is 0.615. The lowest BCUT2D eigenvalue weighted by molar-refractivity contribution is -0.140. The van der Waals surface area contributed by atoms with Gasteiger partial charge in [-0.15, -0.1) is 0 Å². The first kappa shape index (κ1) is 22.2. The third-order valence-electron chi connectivity index (χ3n) is 3.08. The molecule has 137 valence electrons. The monoisotopic (exact) mass is 355 g/mol. The molecule has 25 heavy (non-hydrogen) atoms. The van der Waals surface area contributed by atoms with Crippen LogP contribution in [0.15, 0.2) is 0 Å². The zero-order chi connectivity index (χ0) is 19.2. The van der Waals surface area contributed by atoms with Gasteiger partial charge in [0.1, 0.15) is 12.1 Å². The van der Waals surface area contributed by atoms with E-state index in [0.717, 1.165) is 0 Å². The number of carbonyl (C=O) groups is 4. The first-order valence-electron chi connectivity index (χ1n) is 7.47. The van der Waals surface area contributed by atoms with Crippen molar-refractivity contribution in [1.82, 2.24) is 15.9 Å². The van der Waals surface area contributed by atoms with E-state index in [1.807, 2.05) is 5.32 Å². The Labute approximate surface area is 144 Å². The van der Waals surface area contributed by atoms with Gasteiger partial charge in [-0.1, -0.05) is 0 Å². The molecule has 0 aromatic heterocycles. The molecule has 0 rings (SSSR count). The molecule has 1 radical (unpaired) electrons. The standard InChI is InChI=1S/C13H20BN4O7/c15-7-14-16-6-2-1-3-8(11(21)22)17-13(25)18-9(12(23)24)4-5-10(19)20/h8-9,16H,1-6H2,(H,19,20)(H,21,22)(H,23,24)(H2,17,18,25). The van der Waals surface area contributed by atoms with E-state index in [1.54, 1.807) is 5.97 Å². The Morgan fingerprint density at radius 2 is 1.52 bits per heavy atom. The van der Waals surface area contributed by atoms with Crippen LogP contribution >= 0.6 is 0 Å². The van der Waals surface area contributed by atoms with Crippen LogP contribution in [0.5, 0.6) is 0 Å². The molecule has 12 heteroatoms. The molecule has 0 aliphatic rings. The number of hydrogen-bond donors (Lipinski definition) is 6. The number of carbonyl (C=O) groups excluding carboxylic acids is 1. The molecule has 0 aromatic rings. The van der Waals surface area contributed by atoms with Gasteiger partial charge >= 0.3 is 31.4 Å². The van der Waals surface area contributed by atoms with Crippen LogP contribution in [-0.4, -0.2) is 65.3 Å². The number of amides is 2. The van der Waals surface area contributed by atoms with E-state index in [2.05, 4.69) is 10.5 Å². The number of carboxylic acid groups (broad SMARTS) is 3. The molecule has 2 unspecified atom stereocenters. The SMILES string of the molecule is N#C[B]NCCCCC(NC(=O)NC(CCC(=O)O)C(=O)O)C(=O)O. The van der Waals surface area contributed by atoms with E-state index < -0.39 is 42.4 Å². The van der Waals surface area contributed by atoms with E-state index in [0.29, 0.717) is 19.4 Å². The molecule has 0 spiro atoms. The van der Waals surface area contributed by atoms with Gasteiger partial charge < -0.3 is 31.2 Å². The molecule has 0 aliphatic heterocycles. The van der Waals surface area contributed by atoms with Crippen LogP contribution in [0.2, 0.25) is 0 Å². The molecule has 6 N–H and O–H groups in total. The highest BCUT2D eigenvalue weighted by atomic mass is 16.4. The summed E-state index contributed by atoms with van der Waals surface area (Å²) in [4.78, 5) is 44.3. The maximum atomic E-state index is 11.7. The molecule has 0 aromatic carbocycles. The predicted octanol–water partition coefficient (Wildman–Crippen LogP) is -1.08. The molecule has 2 atom stereocenters. The highest BCUT2D eigenvalue weighted by Gasteiger charge is 2.24. The number of nitriles is 1. The third-order valence-corrected chi connectivity index (χ3v) is 3.08. The number of unbranched alkanes of at least 4 members (excludes halogenated alkanes) is 1. The molecule has 0 aliphatic carbocycles. The summed E-state index contributed by atoms with van der Waals surface area (Å²) in [6.45, 7) is 0.475. The summed E-state index contributed by atoms with van der Waals surface area (Å²) >= 11 is 0. The lowest BCUT2D eigenvalue weighted by Gasteiger charge is -2.18. The minimum Gasteiger partial charge on any atom is -0.481 e. The maximum absolute atomic E-state index is 11.7. The Bertz CT molecular complexity index is 523. The number of urea groups is 1. The number of carboxylic acids is 3. The molecular weight excluding hydrogens is 335 g/mol. The molecular formula is C13H20BN4O7. The van der Waals surface area contributed by atoms with Crippen LogP contribution in [0.3, 0.4) is 0 Å². The summed E-state index contributed by atoms with van der Waals surface area (Å²) in [5, 5.41) is 41.7. The highest BCUT2D eigenvalue weighted by molar-refractivity contribution is 6.42. The van der Waals surface area contributed by atoms with Crippen molar-refractivity contribution in [1.29, 1.82) is 5.26 Å². The Balaban J connectivity index is 4.37. The molecule has 0 heterocycles. The number of aliphatic carboxylic acids is 3. The van der Waals surface area contributed by atoms with Gasteiger partial charge in [0.15, 0.2) is 0 Å². The summed E-state index contributed by atoms with van der Waals surface area (Å²) in [6, 6.07) is -3.65. The van der Waals surface area contributed by atoms with Crippen molar-refractivity contribution in [2.24, 2.45) is 0 Å². The van der Waals surface area contributed by atoms with Crippen molar-refractivity contribution in [3.05, 3.63) is 0 Å². The van der Waals surface area contributed by atoms with Crippen molar-refractivity contribution in [2.75, 3.05) is 6.54 Å². The van der Waals surface area contributed by atoms with Gasteiger partial charge in [-0.2, -0.15) is 0 Å². The molecule has 0 saturated heterocycles. The molecule has 2 amide bonds. The van der Waals surface area contributed by atoms with Crippen molar-refractivity contribution in [3.63, 3.8) is 0 Å². The molecule has 0 saturated carbocycles. The Morgan fingerprint density at radius 1 is 0.960 bits per heavy atom. The van der Waals surface area contributed by atoms with Gasteiger partial charge in [-0.3, -0.25) is 4.79 Å². The molecule has 11 nitrogen and oxygen atoms in total. The summed E-state index contributed by atoms with van der Waals surface area (Å²) < 4.78 is 0. The van der Waals surface area contributed by atoms with E-state index in [4.69, 9.17) is 20.6 Å². The van der Waals surface area contributed by atoms with Crippen molar-refractivity contribution < 1.29 is 34.5 Å². The van der Waals surface area contributed by atoms with E-state index in [9.17, 15) is 19.2 Å². The lowest BCUT2D eigenvalue weighted by atomic mass is 9.98. The van der Waals surface area contributed by atoms with Crippen LogP contribution in [0.4, 0.5) is 4.79 Å². The number of nitrogens with zero attached hydrogens (tertiary/aromatic N) is 1. The normalized spacial score (nSPS) is 12.3. The minimum absolute atomic E-state index is 0.115. The van der Waals surface area contributed by atoms with Crippen molar-refractivity contribution >= 4 is 31.4 Å². The molecule has 0 fully saturated rings. The summed E-state index contributed by atoms with van der Waals surface area (Å²) in [5.74, 6) is -2.12. The smallest absolute Gasteiger partial charge is 0.348 e. The van der Waals surface area contributed by atoms with E-state index >= 15 is 0 Å². The quantitative estimate of drug-likeness (QED) is 0.176. The van der Waals surface area contributed by atoms with Crippen molar-refractivity contribution in [2.45, 2.75) is 44.2 Å². The second-order valence-corrected chi connectivity index (χ2v) is 5.06. The highest BCUT2D eigenvalue weighted by Crippen LogP contribution is 2.02. The van der Waals surface area contributed by atoms with Crippen LogP contribution in [0.25, 0.3) is 0 Å². The van der Waals surface area contributed by atoms with Crippen LogP contribution < -0.4 is 15.9 Å². The summed E-state index contributed by atoms with van der Waals surface area (Å²) in [6.07, 6.45) is 0.361. The number of nitrogens with one attached hydrogen (secondary N) is 3. The predicted molar refractivity (Wildman–Crippen MR) is 84.6 cm³/mol. The topological polar surface area (TPSA) is 189 Å². The Morgan fingerprint density at radius 3 is 2.00 bits per heavy atom. The van der Waals surface area contributed by atoms with Gasteiger partial charge in [-0.05, 0) is 32.2 Å². The van der Waals surface area contributed by atoms with Crippen molar-refractivity contribution in [3.8, 4) is 5.97 Å².